The Morgan fingerprint density at radius 2 is 2.44 bits per heavy atom. The van der Waals surface area contributed by atoms with Crippen LogP contribution in [-0.2, 0) is 0 Å². The summed E-state index contributed by atoms with van der Waals surface area (Å²) in [7, 11) is 0. The molecule has 0 aliphatic heterocycles. The van der Waals surface area contributed by atoms with Crippen molar-refractivity contribution in [1.82, 2.24) is 9.97 Å². The zero-order valence-electron chi connectivity index (χ0n) is 8.65. The quantitative estimate of drug-likeness (QED) is 0.475. The van der Waals surface area contributed by atoms with Crippen LogP contribution in [-0.4, -0.2) is 16.6 Å². The first-order chi connectivity index (χ1) is 7.74. The monoisotopic (exact) mass is 234 g/mol. The van der Waals surface area contributed by atoms with Crippen molar-refractivity contribution in [1.29, 1.82) is 0 Å². The van der Waals surface area contributed by atoms with Crippen molar-refractivity contribution in [3.63, 3.8) is 0 Å². The van der Waals surface area contributed by atoms with E-state index in [9.17, 15) is 0 Å². The lowest BCUT2D eigenvalue weighted by Crippen LogP contribution is -2.11. The van der Waals surface area contributed by atoms with Crippen molar-refractivity contribution in [2.24, 2.45) is 5.84 Å². The maximum absolute atomic E-state index is 5.35. The number of hydrazine groups is 1. The second-order valence-electron chi connectivity index (χ2n) is 3.07. The Morgan fingerprint density at radius 1 is 1.62 bits per heavy atom. The molecule has 82 valence electrons. The molecule has 0 aliphatic rings. The Balaban J connectivity index is 2.54. The highest BCUT2D eigenvalue weighted by atomic mass is 32.1. The average Bonchev–Trinajstić information content (AvgIpc) is 2.65. The smallest absolute Gasteiger partial charge is 0.241 e. The summed E-state index contributed by atoms with van der Waals surface area (Å²) in [6.45, 7) is 2.16. The molecule has 0 amide bonds. The van der Waals surface area contributed by atoms with Crippen LogP contribution in [0.25, 0.3) is 10.2 Å². The summed E-state index contributed by atoms with van der Waals surface area (Å²) < 4.78 is 5.35. The van der Waals surface area contributed by atoms with E-state index in [0.717, 1.165) is 15.1 Å². The van der Waals surface area contributed by atoms with Gasteiger partial charge >= 0.3 is 0 Å². The van der Waals surface area contributed by atoms with Gasteiger partial charge in [0.15, 0.2) is 6.61 Å². The third kappa shape index (κ3) is 1.91. The van der Waals surface area contributed by atoms with Crippen LogP contribution in [0.1, 0.15) is 4.88 Å². The summed E-state index contributed by atoms with van der Waals surface area (Å²) in [4.78, 5) is 10.3. The predicted octanol–water partition coefficient (Wildman–Crippen LogP) is 1.30. The Bertz CT molecular complexity index is 558. The first-order valence-corrected chi connectivity index (χ1v) is 5.37. The highest BCUT2D eigenvalue weighted by molar-refractivity contribution is 7.18. The van der Waals surface area contributed by atoms with E-state index in [2.05, 4.69) is 21.3 Å². The number of thiophene rings is 1. The summed E-state index contributed by atoms with van der Waals surface area (Å²) in [6.07, 6.45) is 5.14. The van der Waals surface area contributed by atoms with E-state index >= 15 is 0 Å². The maximum Gasteiger partial charge on any atom is 0.241 e. The molecule has 3 N–H and O–H groups in total. The van der Waals surface area contributed by atoms with E-state index in [4.69, 9.17) is 17.0 Å². The minimum atomic E-state index is 0.172. The minimum absolute atomic E-state index is 0.172. The predicted molar refractivity (Wildman–Crippen MR) is 64.3 cm³/mol. The Labute approximate surface area is 96.6 Å². The van der Waals surface area contributed by atoms with Crippen molar-refractivity contribution >= 4 is 27.5 Å². The van der Waals surface area contributed by atoms with E-state index in [1.165, 1.54) is 0 Å². The van der Waals surface area contributed by atoms with Crippen molar-refractivity contribution in [3.8, 4) is 18.2 Å². The van der Waals surface area contributed by atoms with Crippen LogP contribution in [0.5, 0.6) is 5.88 Å². The van der Waals surface area contributed by atoms with Gasteiger partial charge in [0.1, 0.15) is 4.83 Å². The number of anilines is 1. The molecule has 0 aromatic carbocycles. The van der Waals surface area contributed by atoms with Crippen LogP contribution in [0.3, 0.4) is 0 Å². The highest BCUT2D eigenvalue weighted by Gasteiger charge is 2.10. The molecule has 0 unspecified atom stereocenters. The number of ether oxygens (including phenoxy) is 1. The summed E-state index contributed by atoms with van der Waals surface area (Å²) in [5.41, 5.74) is 2.40. The van der Waals surface area contributed by atoms with Gasteiger partial charge in [0.05, 0.1) is 5.39 Å². The van der Waals surface area contributed by atoms with Crippen molar-refractivity contribution < 1.29 is 4.74 Å². The zero-order valence-corrected chi connectivity index (χ0v) is 9.47. The molecule has 5 nitrogen and oxygen atoms in total. The number of hydrogen-bond donors (Lipinski definition) is 2. The Kier molecular flexibility index (Phi) is 2.90. The number of nitrogens with two attached hydrogens (primary N) is 1. The van der Waals surface area contributed by atoms with Crippen molar-refractivity contribution in [3.05, 3.63) is 10.9 Å². The fourth-order valence-corrected chi connectivity index (χ4v) is 2.17. The van der Waals surface area contributed by atoms with E-state index < -0.39 is 0 Å². The molecule has 0 fully saturated rings. The van der Waals surface area contributed by atoms with Crippen molar-refractivity contribution in [2.45, 2.75) is 6.92 Å². The Hall–Kier alpha value is -1.84. The molecule has 0 aliphatic carbocycles. The van der Waals surface area contributed by atoms with Crippen LogP contribution in [0, 0.1) is 19.3 Å². The molecule has 0 saturated carbocycles. The number of nitrogens with one attached hydrogen (secondary N) is 1. The fraction of sp³-hybridized carbons (Fsp3) is 0.200. The second-order valence-corrected chi connectivity index (χ2v) is 4.30. The van der Waals surface area contributed by atoms with E-state index in [1.807, 2.05) is 13.0 Å². The molecule has 16 heavy (non-hydrogen) atoms. The molecule has 2 rings (SSSR count). The van der Waals surface area contributed by atoms with Gasteiger partial charge in [-0.3, -0.25) is 5.43 Å². The molecular formula is C10H10N4OS. The SMILES string of the molecule is C#CCOc1nc(NN)nc2sc(C)cc12. The molecule has 0 spiro atoms. The summed E-state index contributed by atoms with van der Waals surface area (Å²) in [5.74, 6) is 8.45. The third-order valence-corrected chi connectivity index (χ3v) is 2.85. The first-order valence-electron chi connectivity index (χ1n) is 4.55. The Morgan fingerprint density at radius 3 is 3.12 bits per heavy atom. The number of fused-ring (bicyclic) bond motifs is 1. The van der Waals surface area contributed by atoms with Gasteiger partial charge < -0.3 is 4.74 Å². The van der Waals surface area contributed by atoms with Crippen LogP contribution >= 0.6 is 11.3 Å². The number of hydrogen-bond acceptors (Lipinski definition) is 6. The van der Waals surface area contributed by atoms with Gasteiger partial charge in [-0.25, -0.2) is 10.8 Å². The standard InChI is InChI=1S/C10H10N4OS/c1-3-4-15-8-7-5-6(2)16-9(7)13-10(12-8)14-11/h1,5H,4,11H2,2H3,(H,12,13,14). The van der Waals surface area contributed by atoms with E-state index in [1.54, 1.807) is 11.3 Å². The van der Waals surface area contributed by atoms with Gasteiger partial charge in [0.2, 0.25) is 11.8 Å². The third-order valence-electron chi connectivity index (χ3n) is 1.90. The molecular weight excluding hydrogens is 224 g/mol. The van der Waals surface area contributed by atoms with Gasteiger partial charge in [0.25, 0.3) is 0 Å². The molecule has 0 atom stereocenters. The van der Waals surface area contributed by atoms with E-state index in [-0.39, 0.29) is 6.61 Å². The summed E-state index contributed by atoms with van der Waals surface area (Å²) in [6, 6.07) is 1.96. The van der Waals surface area contributed by atoms with Gasteiger partial charge in [0, 0.05) is 4.88 Å². The molecule has 0 saturated heterocycles. The lowest BCUT2D eigenvalue weighted by Gasteiger charge is -2.04. The number of terminal acetylenes is 1. The topological polar surface area (TPSA) is 73.1 Å². The van der Waals surface area contributed by atoms with Gasteiger partial charge in [-0.1, -0.05) is 5.92 Å². The van der Waals surface area contributed by atoms with Crippen molar-refractivity contribution in [2.75, 3.05) is 12.0 Å². The average molecular weight is 234 g/mol. The van der Waals surface area contributed by atoms with Gasteiger partial charge in [-0.2, -0.15) is 4.98 Å². The summed E-state index contributed by atoms with van der Waals surface area (Å²) >= 11 is 1.55. The summed E-state index contributed by atoms with van der Waals surface area (Å²) in [5, 5.41) is 0.858. The molecule has 0 radical (unpaired) electrons. The largest absolute Gasteiger partial charge is 0.464 e. The lowest BCUT2D eigenvalue weighted by molar-refractivity contribution is 0.360. The number of aromatic nitrogens is 2. The van der Waals surface area contributed by atoms with Gasteiger partial charge in [-0.05, 0) is 13.0 Å². The fourth-order valence-electron chi connectivity index (χ4n) is 1.30. The number of aryl methyl sites for hydroxylation is 1. The van der Waals surface area contributed by atoms with Crippen LogP contribution in [0.2, 0.25) is 0 Å². The number of rotatable bonds is 3. The van der Waals surface area contributed by atoms with Crippen LogP contribution in [0.15, 0.2) is 6.07 Å². The maximum atomic E-state index is 5.35. The van der Waals surface area contributed by atoms with Crippen LogP contribution in [0.4, 0.5) is 5.95 Å². The van der Waals surface area contributed by atoms with E-state index in [0.29, 0.717) is 11.8 Å². The second kappa shape index (κ2) is 4.35. The molecule has 2 aromatic heterocycles. The molecule has 2 heterocycles. The molecule has 2 aromatic rings. The first kappa shape index (κ1) is 10.7. The molecule has 0 bridgehead atoms. The lowest BCUT2D eigenvalue weighted by atomic mass is 10.3. The number of nitrogens with zero attached hydrogens (tertiary/aromatic N) is 2. The van der Waals surface area contributed by atoms with Crippen LogP contribution < -0.4 is 16.0 Å². The molecule has 6 heteroatoms. The number of nitrogen functional groups attached to an aromatic ring is 1. The normalized spacial score (nSPS) is 10.1. The van der Waals surface area contributed by atoms with Gasteiger partial charge in [-0.15, -0.1) is 17.8 Å². The minimum Gasteiger partial charge on any atom is -0.464 e. The zero-order chi connectivity index (χ0) is 11.5. The highest BCUT2D eigenvalue weighted by Crippen LogP contribution is 2.30.